The number of hydrogen-bond acceptors (Lipinski definition) is 3. The predicted molar refractivity (Wildman–Crippen MR) is 59.9 cm³/mol. The SMILES string of the molecule is CNCCCNC(=O)c1ccc(C)s1. The summed E-state index contributed by atoms with van der Waals surface area (Å²) >= 11 is 1.53. The summed E-state index contributed by atoms with van der Waals surface area (Å²) < 4.78 is 0. The Morgan fingerprint density at radius 2 is 2.21 bits per heavy atom. The molecule has 0 bridgehead atoms. The van der Waals surface area contributed by atoms with E-state index in [2.05, 4.69) is 10.6 Å². The Morgan fingerprint density at radius 3 is 2.79 bits per heavy atom. The first-order chi connectivity index (χ1) is 6.74. The van der Waals surface area contributed by atoms with Crippen LogP contribution in [0.25, 0.3) is 0 Å². The van der Waals surface area contributed by atoms with Gasteiger partial charge < -0.3 is 10.6 Å². The molecule has 78 valence electrons. The van der Waals surface area contributed by atoms with Gasteiger partial charge in [-0.15, -0.1) is 11.3 Å². The minimum Gasteiger partial charge on any atom is -0.351 e. The van der Waals surface area contributed by atoms with Gasteiger partial charge in [0.1, 0.15) is 0 Å². The standard InChI is InChI=1S/C10H16N2OS/c1-8-4-5-9(14-8)10(13)12-7-3-6-11-2/h4-5,11H,3,6-7H2,1-2H3,(H,12,13). The van der Waals surface area contributed by atoms with Crippen LogP contribution in [0.5, 0.6) is 0 Å². The Balaban J connectivity index is 2.29. The molecular weight excluding hydrogens is 196 g/mol. The molecule has 14 heavy (non-hydrogen) atoms. The Kier molecular flexibility index (Phi) is 4.62. The van der Waals surface area contributed by atoms with Crippen molar-refractivity contribution in [3.8, 4) is 0 Å². The summed E-state index contributed by atoms with van der Waals surface area (Å²) in [5.74, 6) is 0.0409. The molecule has 1 aromatic heterocycles. The average Bonchev–Trinajstić information content (AvgIpc) is 2.59. The first-order valence-electron chi connectivity index (χ1n) is 4.73. The molecule has 0 radical (unpaired) electrons. The molecule has 1 heterocycles. The summed E-state index contributed by atoms with van der Waals surface area (Å²) in [6, 6.07) is 3.83. The lowest BCUT2D eigenvalue weighted by Crippen LogP contribution is -2.25. The molecule has 4 heteroatoms. The lowest BCUT2D eigenvalue weighted by atomic mass is 10.4. The quantitative estimate of drug-likeness (QED) is 0.724. The van der Waals surface area contributed by atoms with Crippen molar-refractivity contribution in [2.24, 2.45) is 0 Å². The van der Waals surface area contributed by atoms with E-state index in [-0.39, 0.29) is 5.91 Å². The number of carbonyl (C=O) groups is 1. The van der Waals surface area contributed by atoms with Crippen LogP contribution in [0.4, 0.5) is 0 Å². The zero-order valence-electron chi connectivity index (χ0n) is 8.59. The van der Waals surface area contributed by atoms with Crippen LogP contribution in [0.1, 0.15) is 21.0 Å². The first-order valence-corrected chi connectivity index (χ1v) is 5.55. The van der Waals surface area contributed by atoms with Gasteiger partial charge >= 0.3 is 0 Å². The molecule has 0 saturated heterocycles. The van der Waals surface area contributed by atoms with Crippen molar-refractivity contribution in [3.05, 3.63) is 21.9 Å². The van der Waals surface area contributed by atoms with Gasteiger partial charge in [0.2, 0.25) is 0 Å². The van der Waals surface area contributed by atoms with Crippen LogP contribution in [0.3, 0.4) is 0 Å². The van der Waals surface area contributed by atoms with Gasteiger partial charge in [-0.3, -0.25) is 4.79 Å². The second kappa shape index (κ2) is 5.78. The molecule has 1 amide bonds. The summed E-state index contributed by atoms with van der Waals surface area (Å²) in [4.78, 5) is 13.5. The number of amides is 1. The van der Waals surface area contributed by atoms with Crippen LogP contribution >= 0.6 is 11.3 Å². The Labute approximate surface area is 88.5 Å². The van der Waals surface area contributed by atoms with Crippen LogP contribution in [0.2, 0.25) is 0 Å². The highest BCUT2D eigenvalue weighted by atomic mass is 32.1. The molecule has 0 aromatic carbocycles. The van der Waals surface area contributed by atoms with E-state index in [1.165, 1.54) is 16.2 Å². The van der Waals surface area contributed by atoms with E-state index in [0.29, 0.717) is 0 Å². The van der Waals surface area contributed by atoms with Gasteiger partial charge in [0.05, 0.1) is 4.88 Å². The predicted octanol–water partition coefficient (Wildman–Crippen LogP) is 1.40. The van der Waals surface area contributed by atoms with Crippen LogP contribution in [-0.2, 0) is 0 Å². The highest BCUT2D eigenvalue weighted by Crippen LogP contribution is 2.14. The maximum atomic E-state index is 11.5. The summed E-state index contributed by atoms with van der Waals surface area (Å²) in [5, 5.41) is 5.92. The van der Waals surface area contributed by atoms with Crippen molar-refractivity contribution >= 4 is 17.2 Å². The summed E-state index contributed by atoms with van der Waals surface area (Å²) in [6.07, 6.45) is 0.965. The number of rotatable bonds is 5. The monoisotopic (exact) mass is 212 g/mol. The third kappa shape index (κ3) is 3.47. The molecule has 1 rings (SSSR count). The zero-order chi connectivity index (χ0) is 10.4. The zero-order valence-corrected chi connectivity index (χ0v) is 9.41. The van der Waals surface area contributed by atoms with E-state index in [1.54, 1.807) is 0 Å². The third-order valence-electron chi connectivity index (χ3n) is 1.85. The largest absolute Gasteiger partial charge is 0.351 e. The number of thiophene rings is 1. The fraction of sp³-hybridized carbons (Fsp3) is 0.500. The number of nitrogens with one attached hydrogen (secondary N) is 2. The van der Waals surface area contributed by atoms with Gasteiger partial charge in [-0.25, -0.2) is 0 Å². The highest BCUT2D eigenvalue weighted by molar-refractivity contribution is 7.13. The van der Waals surface area contributed by atoms with Gasteiger partial charge in [0.25, 0.3) is 5.91 Å². The minimum atomic E-state index is 0.0409. The van der Waals surface area contributed by atoms with Crippen molar-refractivity contribution in [1.29, 1.82) is 0 Å². The lowest BCUT2D eigenvalue weighted by Gasteiger charge is -2.02. The van der Waals surface area contributed by atoms with E-state index in [9.17, 15) is 4.79 Å². The van der Waals surface area contributed by atoms with Gasteiger partial charge in [-0.2, -0.15) is 0 Å². The summed E-state index contributed by atoms with van der Waals surface area (Å²) in [5.41, 5.74) is 0. The van der Waals surface area contributed by atoms with Gasteiger partial charge in [0, 0.05) is 11.4 Å². The van der Waals surface area contributed by atoms with Crippen molar-refractivity contribution in [3.63, 3.8) is 0 Å². The van der Waals surface area contributed by atoms with Crippen molar-refractivity contribution in [2.75, 3.05) is 20.1 Å². The molecule has 0 aliphatic rings. The number of aryl methyl sites for hydroxylation is 1. The lowest BCUT2D eigenvalue weighted by molar-refractivity contribution is 0.0957. The highest BCUT2D eigenvalue weighted by Gasteiger charge is 2.05. The fourth-order valence-electron chi connectivity index (χ4n) is 1.11. The van der Waals surface area contributed by atoms with E-state index in [1.807, 2.05) is 26.1 Å². The third-order valence-corrected chi connectivity index (χ3v) is 2.85. The second-order valence-electron chi connectivity index (χ2n) is 3.12. The first kappa shape index (κ1) is 11.2. The number of hydrogen-bond donors (Lipinski definition) is 2. The Morgan fingerprint density at radius 1 is 1.43 bits per heavy atom. The molecule has 0 spiro atoms. The van der Waals surface area contributed by atoms with Crippen LogP contribution < -0.4 is 10.6 Å². The van der Waals surface area contributed by atoms with E-state index < -0.39 is 0 Å². The summed E-state index contributed by atoms with van der Waals surface area (Å²) in [7, 11) is 1.91. The average molecular weight is 212 g/mol. The van der Waals surface area contributed by atoms with Crippen molar-refractivity contribution in [2.45, 2.75) is 13.3 Å². The van der Waals surface area contributed by atoms with E-state index >= 15 is 0 Å². The maximum absolute atomic E-state index is 11.5. The molecule has 0 saturated carbocycles. The van der Waals surface area contributed by atoms with Gasteiger partial charge in [-0.1, -0.05) is 0 Å². The van der Waals surface area contributed by atoms with Crippen molar-refractivity contribution in [1.82, 2.24) is 10.6 Å². The summed E-state index contributed by atoms with van der Waals surface area (Å²) in [6.45, 7) is 3.67. The smallest absolute Gasteiger partial charge is 0.261 e. The maximum Gasteiger partial charge on any atom is 0.261 e. The topological polar surface area (TPSA) is 41.1 Å². The van der Waals surface area contributed by atoms with Crippen molar-refractivity contribution < 1.29 is 4.79 Å². The molecule has 0 unspecified atom stereocenters. The molecule has 0 aliphatic carbocycles. The molecule has 1 aromatic rings. The molecule has 2 N–H and O–H groups in total. The van der Waals surface area contributed by atoms with Crippen LogP contribution in [0.15, 0.2) is 12.1 Å². The fourth-order valence-corrected chi connectivity index (χ4v) is 1.89. The second-order valence-corrected chi connectivity index (χ2v) is 4.41. The van der Waals surface area contributed by atoms with Crippen LogP contribution in [-0.4, -0.2) is 26.0 Å². The number of carbonyl (C=O) groups excluding carboxylic acids is 1. The minimum absolute atomic E-state index is 0.0409. The van der Waals surface area contributed by atoms with E-state index in [0.717, 1.165) is 24.4 Å². The van der Waals surface area contributed by atoms with Gasteiger partial charge in [-0.05, 0) is 39.1 Å². The normalized spacial score (nSPS) is 10.1. The molecule has 0 fully saturated rings. The molecule has 0 aliphatic heterocycles. The van der Waals surface area contributed by atoms with Crippen LogP contribution in [0, 0.1) is 6.92 Å². The molecule has 3 nitrogen and oxygen atoms in total. The van der Waals surface area contributed by atoms with E-state index in [4.69, 9.17) is 0 Å². The molecular formula is C10H16N2OS. The Hall–Kier alpha value is -0.870. The Bertz CT molecular complexity index is 296. The van der Waals surface area contributed by atoms with Gasteiger partial charge in [0.15, 0.2) is 0 Å². The molecule has 0 atom stereocenters.